The van der Waals surface area contributed by atoms with E-state index in [2.05, 4.69) is 27.4 Å². The summed E-state index contributed by atoms with van der Waals surface area (Å²) in [5.41, 5.74) is 0.295. The van der Waals surface area contributed by atoms with Crippen LogP contribution in [0.15, 0.2) is 12.2 Å². The Hall–Kier alpha value is -0.130. The maximum absolute atomic E-state index is 10.7. The molecule has 0 aliphatic rings. The first-order valence-corrected chi connectivity index (χ1v) is 12.6. The minimum atomic E-state index is -0.888. The second kappa shape index (κ2) is 17.9. The Morgan fingerprint density at radius 3 is 1.96 bits per heavy atom. The maximum atomic E-state index is 10.7. The van der Waals surface area contributed by atoms with Crippen molar-refractivity contribution in [2.75, 3.05) is 24.7 Å². The molecule has 5 heteroatoms. The van der Waals surface area contributed by atoms with Crippen LogP contribution in [0.3, 0.4) is 0 Å². The highest BCUT2D eigenvalue weighted by Gasteiger charge is 2.19. The van der Waals surface area contributed by atoms with Crippen molar-refractivity contribution < 1.29 is 14.6 Å². The molecule has 0 amide bonds. The lowest BCUT2D eigenvalue weighted by molar-refractivity contribution is -0.132. The molecular formula is C22H42O3S2. The van der Waals surface area contributed by atoms with Crippen molar-refractivity contribution in [1.29, 1.82) is 0 Å². The highest BCUT2D eigenvalue weighted by molar-refractivity contribution is 8.18. The SMILES string of the molecule is C=C(CCSC(C)(C)SCCOCCCCCCCCCCCC)C(=O)O. The molecule has 0 aromatic heterocycles. The molecule has 0 aromatic rings. The number of thioether (sulfide) groups is 2. The van der Waals surface area contributed by atoms with Crippen molar-refractivity contribution in [3.63, 3.8) is 0 Å². The number of carboxylic acid groups (broad SMARTS) is 1. The van der Waals surface area contributed by atoms with Crippen molar-refractivity contribution >= 4 is 29.5 Å². The predicted octanol–water partition coefficient (Wildman–Crippen LogP) is 7.16. The highest BCUT2D eigenvalue weighted by Crippen LogP contribution is 2.36. The average molecular weight is 419 g/mol. The monoisotopic (exact) mass is 418 g/mol. The molecule has 0 aliphatic heterocycles. The van der Waals surface area contributed by atoms with Gasteiger partial charge in [0, 0.05) is 17.9 Å². The molecule has 160 valence electrons. The van der Waals surface area contributed by atoms with E-state index in [1.165, 1.54) is 64.2 Å². The van der Waals surface area contributed by atoms with Gasteiger partial charge in [-0.15, -0.1) is 23.5 Å². The zero-order chi connectivity index (χ0) is 20.4. The van der Waals surface area contributed by atoms with Crippen LogP contribution in [0.2, 0.25) is 0 Å². The van der Waals surface area contributed by atoms with Crippen molar-refractivity contribution in [3.05, 3.63) is 12.2 Å². The lowest BCUT2D eigenvalue weighted by Crippen LogP contribution is -2.13. The Bertz CT molecular complexity index is 384. The predicted molar refractivity (Wildman–Crippen MR) is 123 cm³/mol. The molecule has 0 radical (unpaired) electrons. The number of hydrogen-bond donors (Lipinski definition) is 1. The Kier molecular flexibility index (Phi) is 17.8. The summed E-state index contributed by atoms with van der Waals surface area (Å²) in [6.07, 6.45) is 14.1. The van der Waals surface area contributed by atoms with Gasteiger partial charge in [-0.3, -0.25) is 0 Å². The molecule has 0 saturated carbocycles. The van der Waals surface area contributed by atoms with E-state index in [-0.39, 0.29) is 4.08 Å². The van der Waals surface area contributed by atoms with Gasteiger partial charge in [0.05, 0.1) is 10.7 Å². The minimum absolute atomic E-state index is 0.0826. The average Bonchev–Trinajstić information content (AvgIpc) is 2.61. The van der Waals surface area contributed by atoms with Gasteiger partial charge in [0.1, 0.15) is 0 Å². The van der Waals surface area contributed by atoms with Crippen LogP contribution in [0.4, 0.5) is 0 Å². The lowest BCUT2D eigenvalue weighted by Gasteiger charge is -2.23. The van der Waals surface area contributed by atoms with E-state index in [4.69, 9.17) is 9.84 Å². The van der Waals surface area contributed by atoms with Crippen molar-refractivity contribution in [2.45, 2.75) is 95.5 Å². The van der Waals surface area contributed by atoms with Gasteiger partial charge < -0.3 is 9.84 Å². The van der Waals surface area contributed by atoms with Crippen molar-refractivity contribution in [3.8, 4) is 0 Å². The molecule has 0 bridgehead atoms. The first kappa shape index (κ1) is 26.9. The Morgan fingerprint density at radius 2 is 1.41 bits per heavy atom. The van der Waals surface area contributed by atoms with E-state index in [0.717, 1.165) is 24.7 Å². The van der Waals surface area contributed by atoms with E-state index in [9.17, 15) is 4.79 Å². The van der Waals surface area contributed by atoms with Gasteiger partial charge in [0.15, 0.2) is 0 Å². The maximum Gasteiger partial charge on any atom is 0.330 e. The summed E-state index contributed by atoms with van der Waals surface area (Å²) >= 11 is 3.68. The van der Waals surface area contributed by atoms with E-state index in [1.807, 2.05) is 11.8 Å². The van der Waals surface area contributed by atoms with Crippen LogP contribution in [-0.4, -0.2) is 39.9 Å². The molecule has 0 spiro atoms. The molecule has 1 N–H and O–H groups in total. The van der Waals surface area contributed by atoms with Crippen LogP contribution in [-0.2, 0) is 9.53 Å². The van der Waals surface area contributed by atoms with E-state index in [1.54, 1.807) is 11.8 Å². The fourth-order valence-electron chi connectivity index (χ4n) is 2.71. The van der Waals surface area contributed by atoms with Gasteiger partial charge in [-0.1, -0.05) is 71.3 Å². The van der Waals surface area contributed by atoms with E-state index >= 15 is 0 Å². The first-order valence-electron chi connectivity index (χ1n) is 10.7. The molecule has 0 rings (SSSR count). The molecule has 3 nitrogen and oxygen atoms in total. The van der Waals surface area contributed by atoms with Crippen molar-refractivity contribution in [1.82, 2.24) is 0 Å². The Balaban J connectivity index is 3.37. The van der Waals surface area contributed by atoms with Gasteiger partial charge in [-0.25, -0.2) is 4.79 Å². The molecule has 0 atom stereocenters. The molecule has 0 fully saturated rings. The van der Waals surface area contributed by atoms with Gasteiger partial charge in [0.2, 0.25) is 0 Å². The number of hydrogen-bond acceptors (Lipinski definition) is 4. The molecular weight excluding hydrogens is 376 g/mol. The smallest absolute Gasteiger partial charge is 0.330 e. The number of aliphatic carboxylic acids is 1. The van der Waals surface area contributed by atoms with Crippen molar-refractivity contribution in [2.24, 2.45) is 0 Å². The number of carboxylic acids is 1. The molecule has 0 heterocycles. The second-order valence-corrected chi connectivity index (χ2v) is 11.2. The normalized spacial score (nSPS) is 11.7. The summed E-state index contributed by atoms with van der Waals surface area (Å²) in [7, 11) is 0. The van der Waals surface area contributed by atoms with Crippen LogP contribution in [0.5, 0.6) is 0 Å². The van der Waals surface area contributed by atoms with Gasteiger partial charge in [0.25, 0.3) is 0 Å². The Labute approximate surface area is 176 Å². The number of carbonyl (C=O) groups is 1. The van der Waals surface area contributed by atoms with Gasteiger partial charge >= 0.3 is 5.97 Å². The highest BCUT2D eigenvalue weighted by atomic mass is 32.2. The fraction of sp³-hybridized carbons (Fsp3) is 0.864. The molecule has 0 aromatic carbocycles. The Morgan fingerprint density at radius 1 is 0.889 bits per heavy atom. The van der Waals surface area contributed by atoms with Gasteiger partial charge in [-0.2, -0.15) is 0 Å². The standard InChI is InChI=1S/C22H42O3S2/c1-5-6-7-8-9-10-11-12-13-14-16-25-17-19-27-22(3,4)26-18-15-20(2)21(23)24/h2,5-19H2,1,3-4H3,(H,23,24). The zero-order valence-corrected chi connectivity index (χ0v) is 19.5. The fourth-order valence-corrected chi connectivity index (χ4v) is 5.07. The zero-order valence-electron chi connectivity index (χ0n) is 17.9. The first-order chi connectivity index (χ1) is 12.9. The van der Waals surface area contributed by atoms with Crippen LogP contribution in [0, 0.1) is 0 Å². The molecule has 0 saturated heterocycles. The van der Waals surface area contributed by atoms with Crippen LogP contribution in [0.1, 0.15) is 91.4 Å². The number of unbranched alkanes of at least 4 members (excludes halogenated alkanes) is 9. The van der Waals surface area contributed by atoms with Gasteiger partial charge in [-0.05, 0) is 32.4 Å². The third-order valence-electron chi connectivity index (χ3n) is 4.48. The number of rotatable bonds is 20. The second-order valence-electron chi connectivity index (χ2n) is 7.55. The summed E-state index contributed by atoms with van der Waals surface area (Å²) in [5.74, 6) is 0.892. The molecule has 0 aliphatic carbocycles. The summed E-state index contributed by atoms with van der Waals surface area (Å²) in [6, 6.07) is 0. The van der Waals surface area contributed by atoms with Crippen LogP contribution in [0.25, 0.3) is 0 Å². The molecule has 27 heavy (non-hydrogen) atoms. The minimum Gasteiger partial charge on any atom is -0.478 e. The lowest BCUT2D eigenvalue weighted by atomic mass is 10.1. The van der Waals surface area contributed by atoms with Crippen LogP contribution < -0.4 is 0 Å². The largest absolute Gasteiger partial charge is 0.478 e. The summed E-state index contributed by atoms with van der Waals surface area (Å²) in [4.78, 5) is 10.7. The molecule has 0 unspecified atom stereocenters. The third-order valence-corrected chi connectivity index (χ3v) is 7.35. The number of ether oxygens (including phenoxy) is 1. The van der Waals surface area contributed by atoms with E-state index < -0.39 is 5.97 Å². The third kappa shape index (κ3) is 19.0. The van der Waals surface area contributed by atoms with Crippen LogP contribution >= 0.6 is 23.5 Å². The topological polar surface area (TPSA) is 46.5 Å². The quantitative estimate of drug-likeness (QED) is 0.129. The summed E-state index contributed by atoms with van der Waals surface area (Å²) in [5, 5.41) is 8.83. The van der Waals surface area contributed by atoms with E-state index in [0.29, 0.717) is 12.0 Å². The summed E-state index contributed by atoms with van der Waals surface area (Å²) in [6.45, 7) is 11.9. The summed E-state index contributed by atoms with van der Waals surface area (Å²) < 4.78 is 5.84.